The summed E-state index contributed by atoms with van der Waals surface area (Å²) in [4.78, 5) is 11.6. The Bertz CT molecular complexity index is 615. The number of amides is 1. The van der Waals surface area contributed by atoms with E-state index < -0.39 is 10.0 Å². The van der Waals surface area contributed by atoms with Crippen molar-refractivity contribution in [1.82, 2.24) is 5.32 Å². The minimum Gasteiger partial charge on any atom is -0.365 e. The van der Waals surface area contributed by atoms with Gasteiger partial charge in [-0.25, -0.2) is 13.6 Å². The highest BCUT2D eigenvalue weighted by Gasteiger charge is 2.26. The number of hydrogen-bond donors (Lipinski definition) is 3. The van der Waals surface area contributed by atoms with Crippen molar-refractivity contribution in [2.75, 3.05) is 5.32 Å². The zero-order valence-electron chi connectivity index (χ0n) is 9.53. The summed E-state index contributed by atoms with van der Waals surface area (Å²) < 4.78 is 22.6. The second-order valence-corrected chi connectivity index (χ2v) is 5.89. The normalized spacial score (nSPS) is 18.8. The van der Waals surface area contributed by atoms with Crippen molar-refractivity contribution in [1.29, 1.82) is 0 Å². The lowest BCUT2D eigenvalue weighted by atomic mass is 10.1. The zero-order chi connectivity index (χ0) is 13.5. The van der Waals surface area contributed by atoms with Crippen molar-refractivity contribution in [2.45, 2.75) is 24.4 Å². The number of primary sulfonamides is 1. The van der Waals surface area contributed by atoms with E-state index in [1.54, 1.807) is 0 Å². The molecule has 0 bridgehead atoms. The van der Waals surface area contributed by atoms with Crippen molar-refractivity contribution in [3.63, 3.8) is 0 Å². The van der Waals surface area contributed by atoms with Crippen LogP contribution in [0.2, 0.25) is 5.02 Å². The molecule has 18 heavy (non-hydrogen) atoms. The molecular formula is C10H12ClN3O3S. The molecule has 0 radical (unpaired) electrons. The molecule has 1 aliphatic heterocycles. The molecule has 1 amide bonds. The maximum Gasteiger partial charge on any atom is 0.255 e. The van der Waals surface area contributed by atoms with Crippen LogP contribution in [0.15, 0.2) is 17.0 Å². The third-order valence-corrected chi connectivity index (χ3v) is 4.04. The van der Waals surface area contributed by atoms with E-state index in [-0.39, 0.29) is 27.6 Å². The third kappa shape index (κ3) is 2.29. The van der Waals surface area contributed by atoms with Gasteiger partial charge in [0.25, 0.3) is 5.91 Å². The largest absolute Gasteiger partial charge is 0.365 e. The molecule has 1 heterocycles. The van der Waals surface area contributed by atoms with Gasteiger partial charge in [0.1, 0.15) is 4.90 Å². The van der Waals surface area contributed by atoms with Gasteiger partial charge in [-0.05, 0) is 18.6 Å². The second-order valence-electron chi connectivity index (χ2n) is 3.95. The van der Waals surface area contributed by atoms with Crippen LogP contribution in [0, 0.1) is 0 Å². The van der Waals surface area contributed by atoms with E-state index in [4.69, 9.17) is 16.7 Å². The maximum atomic E-state index is 11.8. The lowest BCUT2D eigenvalue weighted by molar-refractivity contribution is 0.0935. The molecule has 0 aliphatic carbocycles. The van der Waals surface area contributed by atoms with Crippen molar-refractivity contribution in [2.24, 2.45) is 5.14 Å². The Morgan fingerprint density at radius 2 is 2.06 bits per heavy atom. The molecule has 0 saturated carbocycles. The Morgan fingerprint density at radius 1 is 1.39 bits per heavy atom. The first-order valence-corrected chi connectivity index (χ1v) is 7.19. The van der Waals surface area contributed by atoms with Gasteiger partial charge in [0, 0.05) is 0 Å². The number of benzene rings is 1. The third-order valence-electron chi connectivity index (χ3n) is 2.67. The van der Waals surface area contributed by atoms with E-state index in [2.05, 4.69) is 10.6 Å². The summed E-state index contributed by atoms with van der Waals surface area (Å²) in [7, 11) is -3.95. The highest BCUT2D eigenvalue weighted by atomic mass is 35.5. The van der Waals surface area contributed by atoms with Gasteiger partial charge in [-0.3, -0.25) is 4.79 Å². The van der Waals surface area contributed by atoms with E-state index in [1.165, 1.54) is 12.1 Å². The molecule has 1 atom stereocenters. The SMILES string of the molecule is CC[C@@H]1NC(=O)c2cc(S(N)(=O)=O)c(Cl)cc2N1. The van der Waals surface area contributed by atoms with Gasteiger partial charge in [-0.15, -0.1) is 0 Å². The van der Waals surface area contributed by atoms with Crippen LogP contribution in [-0.4, -0.2) is 20.5 Å². The first kappa shape index (κ1) is 13.1. The lowest BCUT2D eigenvalue weighted by Crippen LogP contribution is -2.44. The summed E-state index contributed by atoms with van der Waals surface area (Å²) in [6, 6.07) is 2.58. The second kappa shape index (κ2) is 4.42. The Balaban J connectivity index is 2.58. The molecule has 4 N–H and O–H groups in total. The van der Waals surface area contributed by atoms with Crippen LogP contribution in [0.25, 0.3) is 0 Å². The van der Waals surface area contributed by atoms with Gasteiger partial charge < -0.3 is 10.6 Å². The number of hydrogen-bond acceptors (Lipinski definition) is 4. The molecule has 8 heteroatoms. The highest BCUT2D eigenvalue weighted by molar-refractivity contribution is 7.89. The van der Waals surface area contributed by atoms with Crippen LogP contribution in [0.3, 0.4) is 0 Å². The van der Waals surface area contributed by atoms with Crippen LogP contribution in [0.5, 0.6) is 0 Å². The number of nitrogens with two attached hydrogens (primary N) is 1. The van der Waals surface area contributed by atoms with Gasteiger partial charge in [0.2, 0.25) is 10.0 Å². The number of anilines is 1. The van der Waals surface area contributed by atoms with Gasteiger partial charge in [0.05, 0.1) is 22.4 Å². The fraction of sp³-hybridized carbons (Fsp3) is 0.300. The zero-order valence-corrected chi connectivity index (χ0v) is 11.1. The lowest BCUT2D eigenvalue weighted by Gasteiger charge is -2.27. The van der Waals surface area contributed by atoms with E-state index in [9.17, 15) is 13.2 Å². The van der Waals surface area contributed by atoms with Gasteiger partial charge in [-0.2, -0.15) is 0 Å². The number of fused-ring (bicyclic) bond motifs is 1. The van der Waals surface area contributed by atoms with Crippen molar-refractivity contribution in [3.05, 3.63) is 22.7 Å². The molecule has 1 aliphatic rings. The Labute approximate surface area is 110 Å². The van der Waals surface area contributed by atoms with Crippen LogP contribution >= 0.6 is 11.6 Å². The summed E-state index contributed by atoms with van der Waals surface area (Å²) in [5.41, 5.74) is 0.719. The fourth-order valence-electron chi connectivity index (χ4n) is 1.74. The van der Waals surface area contributed by atoms with Crippen LogP contribution < -0.4 is 15.8 Å². The van der Waals surface area contributed by atoms with Crippen molar-refractivity contribution >= 4 is 33.2 Å². The monoisotopic (exact) mass is 289 g/mol. The highest BCUT2D eigenvalue weighted by Crippen LogP contribution is 2.30. The summed E-state index contributed by atoms with van der Waals surface area (Å²) in [6.45, 7) is 1.91. The summed E-state index contributed by atoms with van der Waals surface area (Å²) in [5.74, 6) is -0.350. The predicted octanol–water partition coefficient (Wildman–Crippen LogP) is 0.879. The van der Waals surface area contributed by atoms with Gasteiger partial charge >= 0.3 is 0 Å². The molecule has 0 unspecified atom stereocenters. The Morgan fingerprint density at radius 3 is 2.61 bits per heavy atom. The van der Waals surface area contributed by atoms with Crippen LogP contribution in [-0.2, 0) is 10.0 Å². The molecule has 0 saturated heterocycles. The van der Waals surface area contributed by atoms with E-state index >= 15 is 0 Å². The molecule has 0 aromatic heterocycles. The number of carbonyl (C=O) groups is 1. The Hall–Kier alpha value is -1.31. The number of nitrogens with one attached hydrogen (secondary N) is 2. The van der Waals surface area contributed by atoms with Crippen molar-refractivity contribution < 1.29 is 13.2 Å². The predicted molar refractivity (Wildman–Crippen MR) is 68.0 cm³/mol. The van der Waals surface area contributed by atoms with Crippen molar-refractivity contribution in [3.8, 4) is 0 Å². The summed E-state index contributed by atoms with van der Waals surface area (Å²) >= 11 is 5.85. The van der Waals surface area contributed by atoms with E-state index in [0.29, 0.717) is 12.1 Å². The number of carbonyl (C=O) groups excluding carboxylic acids is 1. The molecule has 1 aromatic carbocycles. The standard InChI is InChI=1S/C10H12ClN3O3S/c1-2-9-13-7-4-6(11)8(18(12,16)17)3-5(7)10(15)14-9/h3-4,9,13H,2H2,1H3,(H,14,15)(H2,12,16,17)/t9-/m0/s1. The van der Waals surface area contributed by atoms with Crippen LogP contribution in [0.4, 0.5) is 5.69 Å². The maximum absolute atomic E-state index is 11.8. The summed E-state index contributed by atoms with van der Waals surface area (Å²) in [6.07, 6.45) is 0.501. The molecule has 1 aromatic rings. The fourth-order valence-corrected chi connectivity index (χ4v) is 2.84. The number of rotatable bonds is 2. The molecule has 0 fully saturated rings. The van der Waals surface area contributed by atoms with Gasteiger partial charge in [0.15, 0.2) is 0 Å². The van der Waals surface area contributed by atoms with E-state index in [0.717, 1.165) is 0 Å². The molecule has 0 spiro atoms. The Kier molecular flexibility index (Phi) is 3.22. The topological polar surface area (TPSA) is 101 Å². The first-order valence-electron chi connectivity index (χ1n) is 5.26. The minimum absolute atomic E-state index is 0.00620. The average Bonchev–Trinajstić information content (AvgIpc) is 2.26. The summed E-state index contributed by atoms with van der Waals surface area (Å²) in [5, 5.41) is 10.8. The van der Waals surface area contributed by atoms with E-state index in [1.807, 2.05) is 6.92 Å². The number of halogens is 1. The molecule has 98 valence electrons. The quantitative estimate of drug-likeness (QED) is 0.752. The van der Waals surface area contributed by atoms with Crippen LogP contribution in [0.1, 0.15) is 23.7 Å². The molecular weight excluding hydrogens is 278 g/mol. The smallest absolute Gasteiger partial charge is 0.255 e. The molecule has 2 rings (SSSR count). The number of sulfonamides is 1. The van der Waals surface area contributed by atoms with Gasteiger partial charge in [-0.1, -0.05) is 18.5 Å². The minimum atomic E-state index is -3.95. The first-order chi connectivity index (χ1) is 8.32. The molecule has 6 nitrogen and oxygen atoms in total. The average molecular weight is 290 g/mol.